The van der Waals surface area contributed by atoms with Gasteiger partial charge in [-0.15, -0.1) is 0 Å². The summed E-state index contributed by atoms with van der Waals surface area (Å²) in [6.07, 6.45) is 0.0573. The number of para-hydroxylation sites is 1. The predicted octanol–water partition coefficient (Wildman–Crippen LogP) is 3.58. The topological polar surface area (TPSA) is 75.6 Å². The van der Waals surface area contributed by atoms with Crippen LogP contribution in [0.3, 0.4) is 0 Å². The van der Waals surface area contributed by atoms with Crippen LogP contribution in [0.15, 0.2) is 42.5 Å². The van der Waals surface area contributed by atoms with Gasteiger partial charge in [-0.1, -0.05) is 30.3 Å². The molecule has 0 saturated carbocycles. The molecule has 2 aromatic carbocycles. The molecule has 132 valence electrons. The molecule has 1 amide bonds. The first-order chi connectivity index (χ1) is 11.9. The first-order valence-electron chi connectivity index (χ1n) is 8.12. The quantitative estimate of drug-likeness (QED) is 0.807. The first-order valence-corrected chi connectivity index (χ1v) is 8.12. The van der Waals surface area contributed by atoms with E-state index in [1.165, 1.54) is 0 Å². The molecular weight excluding hydrogens is 318 g/mol. The normalized spacial score (nSPS) is 11.6. The number of carboxylic acid groups (broad SMARTS) is 1. The molecule has 0 aliphatic carbocycles. The lowest BCUT2D eigenvalue weighted by molar-refractivity contribution is -0.140. The number of anilines is 1. The lowest BCUT2D eigenvalue weighted by Crippen LogP contribution is -2.27. The summed E-state index contributed by atoms with van der Waals surface area (Å²) in [5, 5.41) is 12.1. The minimum Gasteiger partial charge on any atom is -0.496 e. The second-order valence-corrected chi connectivity index (χ2v) is 6.12. The zero-order chi connectivity index (χ0) is 18.4. The number of hydrogen-bond donors (Lipinski definition) is 2. The van der Waals surface area contributed by atoms with E-state index >= 15 is 0 Å². The Kier molecular flexibility index (Phi) is 6.17. The maximum absolute atomic E-state index is 12.7. The van der Waals surface area contributed by atoms with Gasteiger partial charge in [-0.3, -0.25) is 9.59 Å². The summed E-state index contributed by atoms with van der Waals surface area (Å²) in [4.78, 5) is 23.9. The number of methoxy groups -OCH3 is 1. The van der Waals surface area contributed by atoms with Crippen LogP contribution in [0.4, 0.5) is 5.69 Å². The lowest BCUT2D eigenvalue weighted by Gasteiger charge is -2.18. The number of hydrogen-bond acceptors (Lipinski definition) is 3. The van der Waals surface area contributed by atoms with E-state index < -0.39 is 11.9 Å². The SMILES string of the molecule is COc1ccccc1CC(CC(=O)O)C(=O)Nc1cc(C)ccc1C. The number of aliphatic carboxylic acids is 1. The number of ether oxygens (including phenoxy) is 1. The van der Waals surface area contributed by atoms with Gasteiger partial charge in [-0.05, 0) is 49.1 Å². The van der Waals surface area contributed by atoms with Crippen LogP contribution in [0.5, 0.6) is 5.75 Å². The van der Waals surface area contributed by atoms with Crippen molar-refractivity contribution >= 4 is 17.6 Å². The average molecular weight is 341 g/mol. The van der Waals surface area contributed by atoms with Crippen LogP contribution >= 0.6 is 0 Å². The van der Waals surface area contributed by atoms with E-state index in [9.17, 15) is 14.7 Å². The van der Waals surface area contributed by atoms with Crippen molar-refractivity contribution in [1.29, 1.82) is 0 Å². The molecule has 1 unspecified atom stereocenters. The second-order valence-electron chi connectivity index (χ2n) is 6.12. The average Bonchev–Trinajstić information content (AvgIpc) is 2.57. The number of aryl methyl sites for hydroxylation is 2. The molecular formula is C20H23NO4. The third-order valence-electron chi connectivity index (χ3n) is 4.10. The summed E-state index contributed by atoms with van der Waals surface area (Å²) in [5.41, 5.74) is 3.48. The van der Waals surface area contributed by atoms with E-state index in [2.05, 4.69) is 5.32 Å². The number of carbonyl (C=O) groups is 2. The molecule has 0 radical (unpaired) electrons. The molecule has 0 saturated heterocycles. The van der Waals surface area contributed by atoms with Gasteiger partial charge in [0.25, 0.3) is 0 Å². The fourth-order valence-corrected chi connectivity index (χ4v) is 2.71. The van der Waals surface area contributed by atoms with Gasteiger partial charge in [-0.2, -0.15) is 0 Å². The maximum atomic E-state index is 12.7. The second kappa shape index (κ2) is 8.33. The summed E-state index contributed by atoms with van der Waals surface area (Å²) in [7, 11) is 1.56. The Morgan fingerprint density at radius 3 is 2.56 bits per heavy atom. The van der Waals surface area contributed by atoms with Crippen molar-refractivity contribution in [1.82, 2.24) is 0 Å². The molecule has 0 spiro atoms. The molecule has 1 atom stereocenters. The van der Waals surface area contributed by atoms with E-state index in [4.69, 9.17) is 4.74 Å². The van der Waals surface area contributed by atoms with Crippen molar-refractivity contribution in [2.24, 2.45) is 5.92 Å². The van der Waals surface area contributed by atoms with Crippen LogP contribution in [0.2, 0.25) is 0 Å². The third-order valence-corrected chi connectivity index (χ3v) is 4.10. The van der Waals surface area contributed by atoms with E-state index in [0.717, 1.165) is 16.7 Å². The highest BCUT2D eigenvalue weighted by Crippen LogP contribution is 2.24. The van der Waals surface area contributed by atoms with Gasteiger partial charge in [0.15, 0.2) is 0 Å². The number of benzene rings is 2. The summed E-state index contributed by atoms with van der Waals surface area (Å²) in [5.74, 6) is -1.34. The molecule has 2 N–H and O–H groups in total. The molecule has 0 fully saturated rings. The number of amides is 1. The number of carboxylic acids is 1. The van der Waals surface area contributed by atoms with Gasteiger partial charge in [0.2, 0.25) is 5.91 Å². The van der Waals surface area contributed by atoms with Gasteiger partial charge in [0, 0.05) is 5.69 Å². The molecule has 0 aliphatic heterocycles. The Morgan fingerprint density at radius 1 is 1.16 bits per heavy atom. The summed E-state index contributed by atoms with van der Waals surface area (Å²) < 4.78 is 5.30. The van der Waals surface area contributed by atoms with E-state index in [0.29, 0.717) is 17.9 Å². The molecule has 2 aromatic rings. The highest BCUT2D eigenvalue weighted by molar-refractivity contribution is 5.95. The summed E-state index contributed by atoms with van der Waals surface area (Å²) >= 11 is 0. The lowest BCUT2D eigenvalue weighted by atomic mass is 9.94. The number of carbonyl (C=O) groups excluding carboxylic acids is 1. The van der Waals surface area contributed by atoms with Crippen LogP contribution < -0.4 is 10.1 Å². The standard InChI is InChI=1S/C20H23NO4/c1-13-8-9-14(2)17(10-13)21-20(24)16(12-19(22)23)11-15-6-4-5-7-18(15)25-3/h4-10,16H,11-12H2,1-3H3,(H,21,24)(H,22,23). The zero-order valence-corrected chi connectivity index (χ0v) is 14.7. The molecule has 0 aliphatic rings. The Bertz CT molecular complexity index is 770. The Hall–Kier alpha value is -2.82. The van der Waals surface area contributed by atoms with E-state index in [1.54, 1.807) is 13.2 Å². The minimum atomic E-state index is -1.00. The van der Waals surface area contributed by atoms with Crippen molar-refractivity contribution in [3.05, 3.63) is 59.2 Å². The zero-order valence-electron chi connectivity index (χ0n) is 14.7. The van der Waals surface area contributed by atoms with Crippen molar-refractivity contribution in [2.75, 3.05) is 12.4 Å². The van der Waals surface area contributed by atoms with Crippen molar-refractivity contribution in [3.63, 3.8) is 0 Å². The van der Waals surface area contributed by atoms with Gasteiger partial charge in [-0.25, -0.2) is 0 Å². The van der Waals surface area contributed by atoms with Gasteiger partial charge in [0.05, 0.1) is 19.4 Å². The summed E-state index contributed by atoms with van der Waals surface area (Å²) in [6, 6.07) is 13.1. The van der Waals surface area contributed by atoms with Crippen LogP contribution in [-0.4, -0.2) is 24.1 Å². The van der Waals surface area contributed by atoms with Crippen LogP contribution in [0, 0.1) is 19.8 Å². The highest BCUT2D eigenvalue weighted by atomic mass is 16.5. The molecule has 0 aromatic heterocycles. The fourth-order valence-electron chi connectivity index (χ4n) is 2.71. The molecule has 2 rings (SSSR count). The molecule has 0 bridgehead atoms. The largest absolute Gasteiger partial charge is 0.496 e. The number of nitrogens with one attached hydrogen (secondary N) is 1. The van der Waals surface area contributed by atoms with Gasteiger partial charge in [0.1, 0.15) is 5.75 Å². The van der Waals surface area contributed by atoms with Gasteiger partial charge >= 0.3 is 5.97 Å². The van der Waals surface area contributed by atoms with E-state index in [1.807, 2.05) is 50.2 Å². The first kappa shape index (κ1) is 18.5. The number of rotatable bonds is 7. The van der Waals surface area contributed by atoms with Crippen molar-refractivity contribution in [3.8, 4) is 5.75 Å². The van der Waals surface area contributed by atoms with E-state index in [-0.39, 0.29) is 12.3 Å². The third kappa shape index (κ3) is 5.08. The monoisotopic (exact) mass is 341 g/mol. The Morgan fingerprint density at radius 2 is 1.88 bits per heavy atom. The van der Waals surface area contributed by atoms with Crippen LogP contribution in [-0.2, 0) is 16.0 Å². The van der Waals surface area contributed by atoms with Gasteiger partial charge < -0.3 is 15.2 Å². The van der Waals surface area contributed by atoms with Crippen LogP contribution in [0.1, 0.15) is 23.1 Å². The highest BCUT2D eigenvalue weighted by Gasteiger charge is 2.24. The molecule has 5 nitrogen and oxygen atoms in total. The molecule has 0 heterocycles. The predicted molar refractivity (Wildman–Crippen MR) is 97.0 cm³/mol. The van der Waals surface area contributed by atoms with Crippen molar-refractivity contribution < 1.29 is 19.4 Å². The fraction of sp³-hybridized carbons (Fsp3) is 0.300. The Labute approximate surface area is 147 Å². The molecule has 25 heavy (non-hydrogen) atoms. The Balaban J connectivity index is 2.22. The minimum absolute atomic E-state index is 0.241. The molecule has 5 heteroatoms. The van der Waals surface area contributed by atoms with Crippen LogP contribution in [0.25, 0.3) is 0 Å². The van der Waals surface area contributed by atoms with Crippen molar-refractivity contribution in [2.45, 2.75) is 26.7 Å². The smallest absolute Gasteiger partial charge is 0.304 e. The summed E-state index contributed by atoms with van der Waals surface area (Å²) in [6.45, 7) is 3.85. The maximum Gasteiger partial charge on any atom is 0.304 e.